The van der Waals surface area contributed by atoms with Gasteiger partial charge in [0.1, 0.15) is 30.5 Å². The average Bonchev–Trinajstić information content (AvgIpc) is 3.30. The lowest BCUT2D eigenvalue weighted by Gasteiger charge is -2.26. The van der Waals surface area contributed by atoms with Gasteiger partial charge in [0.25, 0.3) is 0 Å². The highest BCUT2D eigenvalue weighted by atomic mass is 16.5. The van der Waals surface area contributed by atoms with E-state index in [0.717, 1.165) is 73.9 Å². The van der Waals surface area contributed by atoms with Gasteiger partial charge in [0.05, 0.1) is 6.26 Å². The number of nitrogens with zero attached hydrogens (tertiary/aromatic N) is 3. The van der Waals surface area contributed by atoms with Gasteiger partial charge in [0.15, 0.2) is 0 Å². The molecule has 0 aliphatic heterocycles. The van der Waals surface area contributed by atoms with Crippen molar-refractivity contribution >= 4 is 45.5 Å². The van der Waals surface area contributed by atoms with Crippen molar-refractivity contribution in [2.75, 3.05) is 35.0 Å². The normalized spacial score (nSPS) is 10.7. The average molecular weight is 772 g/mol. The molecule has 0 aromatic heterocycles. The van der Waals surface area contributed by atoms with Gasteiger partial charge in [0.2, 0.25) is 0 Å². The molecule has 6 heteroatoms. The van der Waals surface area contributed by atoms with Gasteiger partial charge in [0, 0.05) is 58.6 Å². The molecule has 0 bridgehead atoms. The molecular weight excluding hydrogens is 727 g/mol. The smallest absolute Gasteiger partial charge is 0.127 e. The lowest BCUT2D eigenvalue weighted by Crippen LogP contribution is -2.10. The second kappa shape index (κ2) is 18.5. The highest BCUT2D eigenvalue weighted by Gasteiger charge is 2.15. The largest absolute Gasteiger partial charge is 0.498 e. The summed E-state index contributed by atoms with van der Waals surface area (Å²) in [5.74, 6) is 2.29. The van der Waals surface area contributed by atoms with Gasteiger partial charge in [-0.05, 0) is 132 Å². The molecule has 8 rings (SSSR count). The number of rotatable bonds is 16. The Morgan fingerprint density at radius 1 is 0.390 bits per heavy atom. The summed E-state index contributed by atoms with van der Waals surface area (Å²) in [7, 11) is 2.03. The molecule has 8 aromatic rings. The molecular formula is C53H45N3O3. The highest BCUT2D eigenvalue weighted by Crippen LogP contribution is 2.39. The number of para-hydroxylation sites is 3. The first-order valence-corrected chi connectivity index (χ1v) is 19.7. The number of anilines is 8. The second-order valence-corrected chi connectivity index (χ2v) is 13.8. The molecule has 0 heterocycles. The van der Waals surface area contributed by atoms with Crippen molar-refractivity contribution in [1.29, 1.82) is 0 Å². The van der Waals surface area contributed by atoms with Crippen molar-refractivity contribution in [2.45, 2.75) is 0 Å². The summed E-state index contributed by atoms with van der Waals surface area (Å²) in [4.78, 5) is 6.64. The Bertz CT molecular complexity index is 2490. The molecule has 0 atom stereocenters. The lowest BCUT2D eigenvalue weighted by molar-refractivity contribution is 0.179. The molecule has 0 unspecified atom stereocenters. The predicted molar refractivity (Wildman–Crippen MR) is 244 cm³/mol. The second-order valence-electron chi connectivity index (χ2n) is 13.8. The van der Waals surface area contributed by atoms with E-state index in [4.69, 9.17) is 14.2 Å². The van der Waals surface area contributed by atoms with E-state index in [0.29, 0.717) is 13.2 Å². The zero-order valence-electron chi connectivity index (χ0n) is 33.0. The van der Waals surface area contributed by atoms with Gasteiger partial charge in [-0.3, -0.25) is 0 Å². The van der Waals surface area contributed by atoms with E-state index in [2.05, 4.69) is 173 Å². The topological polar surface area (TPSA) is 37.4 Å². The van der Waals surface area contributed by atoms with E-state index in [1.165, 1.54) is 6.26 Å². The molecule has 290 valence electrons. The number of hydrogen-bond acceptors (Lipinski definition) is 6. The summed E-state index contributed by atoms with van der Waals surface area (Å²) in [6.07, 6.45) is 1.42. The monoisotopic (exact) mass is 771 g/mol. The van der Waals surface area contributed by atoms with Crippen LogP contribution in [0.25, 0.3) is 11.1 Å². The molecule has 0 saturated carbocycles. The van der Waals surface area contributed by atoms with E-state index < -0.39 is 0 Å². The van der Waals surface area contributed by atoms with E-state index in [9.17, 15) is 0 Å². The van der Waals surface area contributed by atoms with Crippen molar-refractivity contribution in [3.63, 3.8) is 0 Å². The van der Waals surface area contributed by atoms with Crippen LogP contribution in [0.5, 0.6) is 17.2 Å². The first kappa shape index (κ1) is 38.2. The maximum atomic E-state index is 6.31. The van der Waals surface area contributed by atoms with E-state index >= 15 is 0 Å². The molecule has 0 fully saturated rings. The third-order valence-corrected chi connectivity index (χ3v) is 9.97. The van der Waals surface area contributed by atoms with Gasteiger partial charge in [-0.1, -0.05) is 91.5 Å². The Kier molecular flexibility index (Phi) is 12.0. The highest BCUT2D eigenvalue weighted by molar-refractivity contribution is 5.81. The summed E-state index contributed by atoms with van der Waals surface area (Å²) in [6, 6.07) is 73.2. The summed E-state index contributed by atoms with van der Waals surface area (Å²) < 4.78 is 17.3. The summed E-state index contributed by atoms with van der Waals surface area (Å²) in [5.41, 5.74) is 10.8. The third-order valence-electron chi connectivity index (χ3n) is 9.97. The van der Waals surface area contributed by atoms with Crippen molar-refractivity contribution in [1.82, 2.24) is 0 Å². The zero-order valence-corrected chi connectivity index (χ0v) is 33.0. The molecule has 0 saturated heterocycles. The molecule has 0 N–H and O–H groups in total. The van der Waals surface area contributed by atoms with Crippen molar-refractivity contribution in [2.24, 2.45) is 0 Å². The summed E-state index contributed by atoms with van der Waals surface area (Å²) >= 11 is 0. The minimum atomic E-state index is 0.449. The fraction of sp³-hybridized carbons (Fsp3) is 0.0566. The fourth-order valence-electron chi connectivity index (χ4n) is 6.99. The molecule has 0 aliphatic carbocycles. The van der Waals surface area contributed by atoms with E-state index in [-0.39, 0.29) is 0 Å². The number of ether oxygens (including phenoxy) is 3. The van der Waals surface area contributed by atoms with Crippen LogP contribution in [0.2, 0.25) is 0 Å². The van der Waals surface area contributed by atoms with Gasteiger partial charge in [-0.15, -0.1) is 0 Å². The quantitative estimate of drug-likeness (QED) is 0.0719. The predicted octanol–water partition coefficient (Wildman–Crippen LogP) is 14.4. The lowest BCUT2D eigenvalue weighted by atomic mass is 10.0. The van der Waals surface area contributed by atoms with Crippen molar-refractivity contribution < 1.29 is 14.2 Å². The number of hydrogen-bond donors (Lipinski definition) is 0. The van der Waals surface area contributed by atoms with E-state index in [1.807, 2.05) is 67.7 Å². The number of benzene rings is 8. The van der Waals surface area contributed by atoms with Gasteiger partial charge in [-0.2, -0.15) is 0 Å². The SMILES string of the molecule is C=COCCOc1cccc(N(C)c2ccc(Oc3ccc(N(c4ccccc4)c4ccc(-c5ccc(N(c6ccccc6)c6ccccc6)cc5)cc4)cc3)cc2)c1. The maximum Gasteiger partial charge on any atom is 0.127 e. The summed E-state index contributed by atoms with van der Waals surface area (Å²) in [6.45, 7) is 4.47. The molecule has 0 aliphatic rings. The van der Waals surface area contributed by atoms with Crippen LogP contribution in [0.3, 0.4) is 0 Å². The van der Waals surface area contributed by atoms with Crippen LogP contribution in [0.4, 0.5) is 45.5 Å². The Morgan fingerprint density at radius 3 is 1.22 bits per heavy atom. The van der Waals surface area contributed by atoms with Gasteiger partial charge in [-0.25, -0.2) is 0 Å². The van der Waals surface area contributed by atoms with Crippen LogP contribution in [0, 0.1) is 0 Å². The Balaban J connectivity index is 0.962. The minimum Gasteiger partial charge on any atom is -0.498 e. The molecule has 0 spiro atoms. The van der Waals surface area contributed by atoms with Crippen LogP contribution < -0.4 is 24.2 Å². The van der Waals surface area contributed by atoms with E-state index in [1.54, 1.807) is 0 Å². The fourth-order valence-corrected chi connectivity index (χ4v) is 6.99. The molecule has 8 aromatic carbocycles. The maximum absolute atomic E-state index is 6.31. The molecule has 59 heavy (non-hydrogen) atoms. The zero-order chi connectivity index (χ0) is 40.2. The van der Waals surface area contributed by atoms with Crippen LogP contribution in [0.1, 0.15) is 0 Å². The van der Waals surface area contributed by atoms with Crippen molar-refractivity contribution in [3.05, 3.63) is 225 Å². The first-order chi connectivity index (χ1) is 29.1. The van der Waals surface area contributed by atoms with Crippen molar-refractivity contribution in [3.8, 4) is 28.4 Å². The molecule has 0 radical (unpaired) electrons. The Labute approximate surface area is 347 Å². The van der Waals surface area contributed by atoms with Crippen LogP contribution in [-0.4, -0.2) is 20.3 Å². The molecule has 6 nitrogen and oxygen atoms in total. The van der Waals surface area contributed by atoms with Crippen LogP contribution in [0.15, 0.2) is 225 Å². The van der Waals surface area contributed by atoms with Crippen LogP contribution in [-0.2, 0) is 4.74 Å². The Hall–Kier alpha value is -7.70. The minimum absolute atomic E-state index is 0.449. The summed E-state index contributed by atoms with van der Waals surface area (Å²) in [5, 5.41) is 0. The van der Waals surface area contributed by atoms with Crippen LogP contribution >= 0.6 is 0 Å². The first-order valence-electron chi connectivity index (χ1n) is 19.7. The molecule has 0 amide bonds. The standard InChI is InChI=1S/C53H45N3O3/c1-3-57-38-39-58-53-21-13-20-50(40-53)54(2)43-30-34-51(35-31-43)59-52-36-32-49(33-37-52)56(46-18-11-6-12-19-46)48-28-24-42(25-29-48)41-22-26-47(27-23-41)55(44-14-7-4-8-15-44)45-16-9-5-10-17-45/h3-37,40H,1,38-39H2,2H3. The van der Waals surface area contributed by atoms with Gasteiger partial charge < -0.3 is 28.9 Å². The third kappa shape index (κ3) is 9.30. The van der Waals surface area contributed by atoms with Gasteiger partial charge >= 0.3 is 0 Å². The Morgan fingerprint density at radius 2 is 0.780 bits per heavy atom.